The van der Waals surface area contributed by atoms with Crippen molar-refractivity contribution in [1.29, 1.82) is 0 Å². The van der Waals surface area contributed by atoms with Crippen molar-refractivity contribution in [3.05, 3.63) is 23.8 Å². The van der Waals surface area contributed by atoms with E-state index in [0.717, 1.165) is 22.1 Å². The van der Waals surface area contributed by atoms with Gasteiger partial charge in [0.25, 0.3) is 5.91 Å². The number of hydrogen-bond donors (Lipinski definition) is 3. The predicted molar refractivity (Wildman–Crippen MR) is 98.2 cm³/mol. The number of nitrogens with zero attached hydrogens (tertiary/aromatic N) is 3. The monoisotopic (exact) mass is 465 g/mol. The molecule has 1 aromatic carbocycles. The smallest absolute Gasteiger partial charge is 0.414 e. The summed E-state index contributed by atoms with van der Waals surface area (Å²) in [4.78, 5) is 41.7. The minimum atomic E-state index is -3.23. The molecule has 0 unspecified atom stereocenters. The highest BCUT2D eigenvalue weighted by Crippen LogP contribution is 2.31. The molecule has 176 valence electrons. The second-order valence-corrected chi connectivity index (χ2v) is 6.76. The molecule has 11 nitrogen and oxygen atoms in total. The van der Waals surface area contributed by atoms with E-state index in [9.17, 15) is 31.9 Å². The van der Waals surface area contributed by atoms with Gasteiger partial charge in [0.1, 0.15) is 11.8 Å². The number of urea groups is 1. The summed E-state index contributed by atoms with van der Waals surface area (Å²) in [6, 6.07) is 0.878. The van der Waals surface area contributed by atoms with Crippen LogP contribution in [0.5, 0.6) is 0 Å². The van der Waals surface area contributed by atoms with Gasteiger partial charge in [0.2, 0.25) is 0 Å². The molecule has 32 heavy (non-hydrogen) atoms. The van der Waals surface area contributed by atoms with Gasteiger partial charge >= 0.3 is 18.5 Å². The lowest BCUT2D eigenvalue weighted by atomic mass is 10.2. The summed E-state index contributed by atoms with van der Waals surface area (Å²) in [7, 11) is 0. The van der Waals surface area contributed by atoms with Gasteiger partial charge in [-0.05, 0) is 0 Å². The molecule has 0 radical (unpaired) electrons. The van der Waals surface area contributed by atoms with E-state index >= 15 is 0 Å². The fourth-order valence-corrected chi connectivity index (χ4v) is 3.23. The second-order valence-electron chi connectivity index (χ2n) is 6.76. The molecule has 1 aromatic rings. The van der Waals surface area contributed by atoms with Crippen LogP contribution in [0.1, 0.15) is 0 Å². The number of halogens is 4. The molecule has 0 saturated carbocycles. The van der Waals surface area contributed by atoms with E-state index in [1.54, 1.807) is 0 Å². The van der Waals surface area contributed by atoms with Gasteiger partial charge in [0, 0.05) is 25.2 Å². The van der Waals surface area contributed by atoms with Gasteiger partial charge in [-0.15, -0.1) is 0 Å². The first-order valence-corrected chi connectivity index (χ1v) is 9.33. The lowest BCUT2D eigenvalue weighted by Gasteiger charge is -2.24. The standard InChI is InChI=1S/C17H19F4N5O6/c18-11-5-9(25-8-10(32-17(25)29)7-22-15(27)14(20)21)6-12(19)13(11)24-1-2-26(16(28)23-30)31-4-3-24/h5-6,10,14,30H,1-4,7-8H2,(H,22,27)(H,23,28)/t10-/m0/s1. The second kappa shape index (κ2) is 9.86. The summed E-state index contributed by atoms with van der Waals surface area (Å²) < 4.78 is 59.0. The number of benzene rings is 1. The predicted octanol–water partition coefficient (Wildman–Crippen LogP) is 0.824. The zero-order valence-electron chi connectivity index (χ0n) is 16.4. The first-order chi connectivity index (χ1) is 15.2. The van der Waals surface area contributed by atoms with E-state index in [-0.39, 0.29) is 45.0 Å². The van der Waals surface area contributed by atoms with E-state index in [1.165, 1.54) is 10.4 Å². The highest BCUT2D eigenvalue weighted by atomic mass is 19.3. The third-order valence-electron chi connectivity index (χ3n) is 4.71. The van der Waals surface area contributed by atoms with Crippen molar-refractivity contribution < 1.29 is 46.7 Å². The summed E-state index contributed by atoms with van der Waals surface area (Å²) in [5.41, 5.74) is 0.824. The van der Waals surface area contributed by atoms with E-state index in [2.05, 4.69) is 0 Å². The Morgan fingerprint density at radius 3 is 2.50 bits per heavy atom. The summed E-state index contributed by atoms with van der Waals surface area (Å²) in [5, 5.41) is 11.4. The molecule has 2 aliphatic rings. The number of alkyl halides is 2. The molecule has 4 amide bonds. The van der Waals surface area contributed by atoms with Crippen LogP contribution in [0, 0.1) is 11.6 Å². The topological polar surface area (TPSA) is 124 Å². The SMILES string of the molecule is O=C(NC[C@H]1CN(c2cc(F)c(N3CCON(C(=O)NO)CC3)c(F)c2)C(=O)O1)C(F)F. The molecule has 0 bridgehead atoms. The number of anilines is 2. The molecule has 15 heteroatoms. The number of amides is 4. The van der Waals surface area contributed by atoms with Crippen molar-refractivity contribution in [3.63, 3.8) is 0 Å². The molecule has 0 spiro atoms. The van der Waals surface area contributed by atoms with Crippen LogP contribution >= 0.6 is 0 Å². The van der Waals surface area contributed by atoms with E-state index < -0.39 is 47.9 Å². The van der Waals surface area contributed by atoms with Crippen molar-refractivity contribution >= 4 is 29.4 Å². The maximum Gasteiger partial charge on any atom is 0.414 e. The third kappa shape index (κ3) is 5.11. The molecule has 3 N–H and O–H groups in total. The number of nitrogens with one attached hydrogen (secondary N) is 2. The Morgan fingerprint density at radius 1 is 1.19 bits per heavy atom. The van der Waals surface area contributed by atoms with Crippen molar-refractivity contribution in [3.8, 4) is 0 Å². The molecule has 0 aromatic heterocycles. The molecule has 3 rings (SSSR count). The number of hydrogen-bond acceptors (Lipinski definition) is 7. The van der Waals surface area contributed by atoms with Crippen LogP contribution in [-0.2, 0) is 14.4 Å². The molecular weight excluding hydrogens is 446 g/mol. The van der Waals surface area contributed by atoms with Gasteiger partial charge in [-0.2, -0.15) is 13.8 Å². The van der Waals surface area contributed by atoms with Crippen molar-refractivity contribution in [2.75, 3.05) is 49.1 Å². The van der Waals surface area contributed by atoms with Gasteiger partial charge < -0.3 is 15.0 Å². The Balaban J connectivity index is 1.70. The van der Waals surface area contributed by atoms with Gasteiger partial charge in [-0.25, -0.2) is 23.9 Å². The van der Waals surface area contributed by atoms with E-state index in [0.29, 0.717) is 0 Å². The summed E-state index contributed by atoms with van der Waals surface area (Å²) in [5.74, 6) is -3.53. The number of ether oxygens (including phenoxy) is 1. The van der Waals surface area contributed by atoms with Crippen LogP contribution in [0.15, 0.2) is 12.1 Å². The number of carbonyl (C=O) groups is 3. The van der Waals surface area contributed by atoms with Crippen molar-refractivity contribution in [1.82, 2.24) is 15.9 Å². The molecule has 2 saturated heterocycles. The molecular formula is C17H19F4N5O6. The maximum atomic E-state index is 14.8. The lowest BCUT2D eigenvalue weighted by Crippen LogP contribution is -2.40. The van der Waals surface area contributed by atoms with E-state index in [1.807, 2.05) is 5.32 Å². The zero-order chi connectivity index (χ0) is 23.4. The van der Waals surface area contributed by atoms with Crippen LogP contribution in [0.4, 0.5) is 38.5 Å². The molecule has 0 aliphatic carbocycles. The van der Waals surface area contributed by atoms with Crippen molar-refractivity contribution in [2.24, 2.45) is 0 Å². The van der Waals surface area contributed by atoms with Crippen LogP contribution in [0.3, 0.4) is 0 Å². The third-order valence-corrected chi connectivity index (χ3v) is 4.71. The van der Waals surface area contributed by atoms with Gasteiger partial charge in [-0.1, -0.05) is 0 Å². The largest absolute Gasteiger partial charge is 0.442 e. The Morgan fingerprint density at radius 2 is 1.88 bits per heavy atom. The van der Waals surface area contributed by atoms with Crippen LogP contribution in [0.25, 0.3) is 0 Å². The highest BCUT2D eigenvalue weighted by molar-refractivity contribution is 5.90. The molecule has 1 atom stereocenters. The first-order valence-electron chi connectivity index (χ1n) is 9.33. The fourth-order valence-electron chi connectivity index (χ4n) is 3.23. The Hall–Kier alpha value is -3.33. The maximum absolute atomic E-state index is 14.8. The Bertz CT molecular complexity index is 868. The number of rotatable bonds is 5. The number of cyclic esters (lactones) is 1. The lowest BCUT2D eigenvalue weighted by molar-refractivity contribution is -0.132. The minimum absolute atomic E-state index is 0.0156. The minimum Gasteiger partial charge on any atom is -0.442 e. The summed E-state index contributed by atoms with van der Waals surface area (Å²) >= 11 is 0. The highest BCUT2D eigenvalue weighted by Gasteiger charge is 2.34. The van der Waals surface area contributed by atoms with Crippen LogP contribution < -0.4 is 20.6 Å². The normalized spacial score (nSPS) is 19.1. The van der Waals surface area contributed by atoms with E-state index in [4.69, 9.17) is 14.8 Å². The molecule has 2 heterocycles. The summed E-state index contributed by atoms with van der Waals surface area (Å²) in [6.45, 7) is -0.794. The van der Waals surface area contributed by atoms with Gasteiger partial charge in [-0.3, -0.25) is 19.7 Å². The zero-order valence-corrected chi connectivity index (χ0v) is 16.4. The average molecular weight is 465 g/mol. The fraction of sp³-hybridized carbons (Fsp3) is 0.471. The van der Waals surface area contributed by atoms with Gasteiger partial charge in [0.05, 0.1) is 31.9 Å². The van der Waals surface area contributed by atoms with Crippen LogP contribution in [-0.4, -0.2) is 80.2 Å². The average Bonchev–Trinajstić information content (AvgIpc) is 2.95. The Kier molecular flexibility index (Phi) is 7.19. The first kappa shape index (κ1) is 23.3. The number of hydroxylamine groups is 3. The molecule has 2 fully saturated rings. The molecule has 2 aliphatic heterocycles. The van der Waals surface area contributed by atoms with Crippen molar-refractivity contribution in [2.45, 2.75) is 12.5 Å². The Labute approximate surface area is 178 Å². The number of carbonyl (C=O) groups excluding carboxylic acids is 3. The van der Waals surface area contributed by atoms with Crippen LogP contribution in [0.2, 0.25) is 0 Å². The van der Waals surface area contributed by atoms with Gasteiger partial charge in [0.15, 0.2) is 11.6 Å². The quantitative estimate of drug-likeness (QED) is 0.334. The summed E-state index contributed by atoms with van der Waals surface area (Å²) in [6.07, 6.45) is -5.17.